The summed E-state index contributed by atoms with van der Waals surface area (Å²) in [4.78, 5) is 26.4. The Bertz CT molecular complexity index is 538. The van der Waals surface area contributed by atoms with Gasteiger partial charge >= 0.3 is 0 Å². The second-order valence-electron chi connectivity index (χ2n) is 5.28. The number of rotatable bonds is 2. The van der Waals surface area contributed by atoms with Gasteiger partial charge in [0.1, 0.15) is 5.56 Å². The number of aromatic amines is 1. The molecule has 0 bridgehead atoms. The highest BCUT2D eigenvalue weighted by Crippen LogP contribution is 2.35. The van der Waals surface area contributed by atoms with Crippen molar-refractivity contribution in [1.82, 2.24) is 10.3 Å². The van der Waals surface area contributed by atoms with E-state index in [2.05, 4.69) is 10.3 Å². The van der Waals surface area contributed by atoms with Crippen LogP contribution in [0.5, 0.6) is 0 Å². The van der Waals surface area contributed by atoms with Crippen molar-refractivity contribution >= 4 is 5.91 Å². The summed E-state index contributed by atoms with van der Waals surface area (Å²) in [5.41, 5.74) is -0.114. The lowest BCUT2D eigenvalue weighted by Gasteiger charge is -2.35. The molecule has 2 aliphatic rings. The van der Waals surface area contributed by atoms with Gasteiger partial charge in [-0.05, 0) is 12.8 Å². The van der Waals surface area contributed by atoms with Crippen LogP contribution in [0.25, 0.3) is 0 Å². The van der Waals surface area contributed by atoms with Gasteiger partial charge in [-0.2, -0.15) is 0 Å². The number of ether oxygens (including phenoxy) is 2. The van der Waals surface area contributed by atoms with Gasteiger partial charge in [0, 0.05) is 37.3 Å². The molecule has 3 rings (SSSR count). The third-order valence-electron chi connectivity index (χ3n) is 3.96. The molecule has 6 nitrogen and oxygen atoms in total. The van der Waals surface area contributed by atoms with E-state index in [0.717, 1.165) is 25.7 Å². The summed E-state index contributed by atoms with van der Waals surface area (Å²) < 4.78 is 11.3. The molecular formula is C14H18N2O4. The molecule has 1 spiro atoms. The molecule has 6 heteroatoms. The van der Waals surface area contributed by atoms with Crippen molar-refractivity contribution in [3.8, 4) is 0 Å². The minimum atomic E-state index is -0.425. The summed E-state index contributed by atoms with van der Waals surface area (Å²) in [5.74, 6) is -0.744. The van der Waals surface area contributed by atoms with Crippen LogP contribution in [0.2, 0.25) is 0 Å². The minimum Gasteiger partial charge on any atom is -0.367 e. The van der Waals surface area contributed by atoms with Gasteiger partial charge in [-0.1, -0.05) is 0 Å². The smallest absolute Gasteiger partial charge is 0.256 e. The van der Waals surface area contributed by atoms with Gasteiger partial charge in [0.05, 0.1) is 13.2 Å². The van der Waals surface area contributed by atoms with E-state index in [1.165, 1.54) is 18.5 Å². The van der Waals surface area contributed by atoms with Crippen molar-refractivity contribution in [2.75, 3.05) is 13.2 Å². The van der Waals surface area contributed by atoms with E-state index in [1.54, 1.807) is 0 Å². The van der Waals surface area contributed by atoms with Crippen LogP contribution in [0.3, 0.4) is 0 Å². The first-order valence-electron chi connectivity index (χ1n) is 6.94. The number of carbonyl (C=O) groups is 1. The molecule has 1 aromatic heterocycles. The number of hydrogen-bond donors (Lipinski definition) is 2. The van der Waals surface area contributed by atoms with Crippen molar-refractivity contribution in [3.63, 3.8) is 0 Å². The highest BCUT2D eigenvalue weighted by Gasteiger charge is 2.40. The molecule has 1 amide bonds. The maximum Gasteiger partial charge on any atom is 0.256 e. The van der Waals surface area contributed by atoms with E-state index in [4.69, 9.17) is 9.47 Å². The van der Waals surface area contributed by atoms with E-state index in [0.29, 0.717) is 13.2 Å². The van der Waals surface area contributed by atoms with Gasteiger partial charge in [0.15, 0.2) is 11.2 Å². The summed E-state index contributed by atoms with van der Waals surface area (Å²) >= 11 is 0. The Labute approximate surface area is 116 Å². The molecule has 1 aliphatic carbocycles. The molecule has 1 aromatic rings. The molecule has 1 saturated heterocycles. The van der Waals surface area contributed by atoms with Crippen molar-refractivity contribution in [2.45, 2.75) is 37.5 Å². The number of nitrogens with one attached hydrogen (secondary N) is 2. The summed E-state index contributed by atoms with van der Waals surface area (Å²) in [5, 5.41) is 2.91. The van der Waals surface area contributed by atoms with Crippen molar-refractivity contribution < 1.29 is 14.3 Å². The number of aromatic nitrogens is 1. The van der Waals surface area contributed by atoms with Crippen molar-refractivity contribution in [1.29, 1.82) is 0 Å². The van der Waals surface area contributed by atoms with Crippen LogP contribution in [0.1, 0.15) is 36.0 Å². The molecule has 0 atom stereocenters. The molecule has 2 fully saturated rings. The molecule has 2 heterocycles. The average molecular weight is 278 g/mol. The summed E-state index contributed by atoms with van der Waals surface area (Å²) in [6.07, 6.45) is 6.11. The van der Waals surface area contributed by atoms with E-state index in [9.17, 15) is 9.59 Å². The van der Waals surface area contributed by atoms with Crippen LogP contribution < -0.4 is 10.7 Å². The van der Waals surface area contributed by atoms with Gasteiger partial charge in [-0.25, -0.2) is 0 Å². The maximum absolute atomic E-state index is 12.1. The SMILES string of the molecule is O=C(NC1CCC2(CC1)OCCO2)c1c[nH]ccc1=O. The number of H-pyrrole nitrogens is 1. The van der Waals surface area contributed by atoms with Crippen LogP contribution >= 0.6 is 0 Å². The topological polar surface area (TPSA) is 80.4 Å². The third-order valence-corrected chi connectivity index (χ3v) is 3.96. The zero-order valence-corrected chi connectivity index (χ0v) is 11.2. The summed E-state index contributed by atoms with van der Waals surface area (Å²) in [6.45, 7) is 1.30. The fourth-order valence-corrected chi connectivity index (χ4v) is 2.84. The molecule has 0 unspecified atom stereocenters. The molecule has 108 valence electrons. The number of hydrogen-bond acceptors (Lipinski definition) is 4. The molecule has 20 heavy (non-hydrogen) atoms. The Kier molecular flexibility index (Phi) is 3.58. The minimum absolute atomic E-state index is 0.0699. The normalized spacial score (nSPS) is 22.0. The van der Waals surface area contributed by atoms with Crippen LogP contribution in [0.4, 0.5) is 0 Å². The fourth-order valence-electron chi connectivity index (χ4n) is 2.84. The first kappa shape index (κ1) is 13.3. The highest BCUT2D eigenvalue weighted by atomic mass is 16.7. The zero-order valence-electron chi connectivity index (χ0n) is 11.2. The Morgan fingerprint density at radius 2 is 2.00 bits per heavy atom. The predicted molar refractivity (Wildman–Crippen MR) is 71.4 cm³/mol. The van der Waals surface area contributed by atoms with Crippen LogP contribution in [-0.4, -0.2) is 35.9 Å². The van der Waals surface area contributed by atoms with Gasteiger partial charge in [0.2, 0.25) is 0 Å². The quantitative estimate of drug-likeness (QED) is 0.838. The summed E-state index contributed by atoms with van der Waals surface area (Å²) in [7, 11) is 0. The monoisotopic (exact) mass is 278 g/mol. The van der Waals surface area contributed by atoms with Crippen LogP contribution in [-0.2, 0) is 9.47 Å². The second-order valence-corrected chi connectivity index (χ2v) is 5.28. The Hall–Kier alpha value is -1.66. The van der Waals surface area contributed by atoms with Gasteiger partial charge in [-0.15, -0.1) is 0 Å². The van der Waals surface area contributed by atoms with Crippen molar-refractivity contribution in [2.24, 2.45) is 0 Å². The van der Waals surface area contributed by atoms with Gasteiger partial charge < -0.3 is 19.8 Å². The van der Waals surface area contributed by atoms with Crippen LogP contribution in [0.15, 0.2) is 23.3 Å². The molecule has 2 N–H and O–H groups in total. The van der Waals surface area contributed by atoms with E-state index >= 15 is 0 Å². The van der Waals surface area contributed by atoms with E-state index in [-0.39, 0.29) is 22.9 Å². The molecule has 1 saturated carbocycles. The van der Waals surface area contributed by atoms with Gasteiger partial charge in [-0.3, -0.25) is 9.59 Å². The summed E-state index contributed by atoms with van der Waals surface area (Å²) in [6, 6.07) is 1.42. The Morgan fingerprint density at radius 1 is 1.30 bits per heavy atom. The van der Waals surface area contributed by atoms with E-state index < -0.39 is 5.79 Å². The highest BCUT2D eigenvalue weighted by molar-refractivity contribution is 5.93. The Balaban J connectivity index is 1.58. The third kappa shape index (κ3) is 2.62. The molecule has 0 radical (unpaired) electrons. The average Bonchev–Trinajstić information content (AvgIpc) is 2.90. The number of pyridine rings is 1. The first-order chi connectivity index (χ1) is 9.69. The van der Waals surface area contributed by atoms with Gasteiger partial charge in [0.25, 0.3) is 5.91 Å². The lowest BCUT2D eigenvalue weighted by Crippen LogP contribution is -2.44. The lowest BCUT2D eigenvalue weighted by molar-refractivity contribution is -0.179. The maximum atomic E-state index is 12.1. The van der Waals surface area contributed by atoms with E-state index in [1.807, 2.05) is 0 Å². The first-order valence-corrected chi connectivity index (χ1v) is 6.94. The predicted octanol–water partition coefficient (Wildman–Crippen LogP) is 0.790. The standard InChI is InChI=1S/C14H18N2O4/c17-12-3-6-15-9-11(12)13(18)16-10-1-4-14(5-2-10)19-7-8-20-14/h3,6,9-10H,1-2,4-5,7-8H2,(H,15,17)(H,16,18). The number of amides is 1. The largest absolute Gasteiger partial charge is 0.367 e. The van der Waals surface area contributed by atoms with Crippen molar-refractivity contribution in [3.05, 3.63) is 34.2 Å². The second kappa shape index (κ2) is 5.38. The fraction of sp³-hybridized carbons (Fsp3) is 0.571. The lowest BCUT2D eigenvalue weighted by atomic mass is 9.90. The van der Waals surface area contributed by atoms with Crippen LogP contribution in [0, 0.1) is 0 Å². The zero-order chi connectivity index (χ0) is 14.0. The molecule has 0 aromatic carbocycles. The number of carbonyl (C=O) groups excluding carboxylic acids is 1. The molecule has 1 aliphatic heterocycles. The molecular weight excluding hydrogens is 260 g/mol. The Morgan fingerprint density at radius 3 is 2.65 bits per heavy atom.